The monoisotopic (exact) mass is 303 g/mol. The Bertz CT molecular complexity index is 1010. The van der Waals surface area contributed by atoms with Crippen molar-refractivity contribution in [2.24, 2.45) is 5.73 Å². The van der Waals surface area contributed by atoms with Crippen LogP contribution in [-0.2, 0) is 6.42 Å². The fourth-order valence-corrected chi connectivity index (χ4v) is 3.09. The lowest BCUT2D eigenvalue weighted by atomic mass is 10.1. The molecule has 4 rings (SSSR count). The second-order valence-electron chi connectivity index (χ2n) is 5.67. The number of para-hydroxylation sites is 1. The highest BCUT2D eigenvalue weighted by molar-refractivity contribution is 6.04. The molecule has 2 heterocycles. The summed E-state index contributed by atoms with van der Waals surface area (Å²) in [5.74, 6) is -0.0269. The molecular weight excluding hydrogens is 286 g/mol. The molecule has 2 aromatic heterocycles. The molecule has 0 atom stereocenters. The van der Waals surface area contributed by atoms with Crippen molar-refractivity contribution in [2.45, 2.75) is 6.42 Å². The highest BCUT2D eigenvalue weighted by Crippen LogP contribution is 2.23. The van der Waals surface area contributed by atoms with Gasteiger partial charge in [0, 0.05) is 28.9 Å². The number of benzene rings is 2. The maximum absolute atomic E-state index is 13.0. The van der Waals surface area contributed by atoms with E-state index in [4.69, 9.17) is 5.73 Å². The lowest BCUT2D eigenvalue weighted by Crippen LogP contribution is -2.10. The van der Waals surface area contributed by atoms with Gasteiger partial charge in [-0.2, -0.15) is 0 Å². The van der Waals surface area contributed by atoms with Crippen molar-refractivity contribution in [3.63, 3.8) is 0 Å². The summed E-state index contributed by atoms with van der Waals surface area (Å²) in [6.45, 7) is 0.566. The molecule has 4 aromatic rings. The van der Waals surface area contributed by atoms with Crippen LogP contribution in [0.3, 0.4) is 0 Å². The quantitative estimate of drug-likeness (QED) is 0.610. The number of aromatic amines is 1. The maximum atomic E-state index is 13.0. The molecule has 0 unspecified atom stereocenters. The number of nitrogens with two attached hydrogens (primary N) is 1. The number of hydrogen-bond donors (Lipinski definition) is 2. The Morgan fingerprint density at radius 2 is 2.00 bits per heavy atom. The zero-order valence-electron chi connectivity index (χ0n) is 12.6. The van der Waals surface area contributed by atoms with Crippen molar-refractivity contribution in [3.8, 4) is 0 Å². The number of aromatic nitrogens is 2. The van der Waals surface area contributed by atoms with Crippen LogP contribution in [0, 0.1) is 0 Å². The number of rotatable bonds is 3. The summed E-state index contributed by atoms with van der Waals surface area (Å²) >= 11 is 0. The molecule has 0 aliphatic rings. The molecular formula is C19H17N3O. The summed E-state index contributed by atoms with van der Waals surface area (Å²) in [4.78, 5) is 16.1. The third kappa shape index (κ3) is 2.24. The summed E-state index contributed by atoms with van der Waals surface area (Å²) in [7, 11) is 0. The average Bonchev–Trinajstić information content (AvgIpc) is 3.19. The van der Waals surface area contributed by atoms with Gasteiger partial charge >= 0.3 is 0 Å². The van der Waals surface area contributed by atoms with E-state index in [1.165, 1.54) is 0 Å². The van der Waals surface area contributed by atoms with Crippen molar-refractivity contribution < 1.29 is 4.79 Å². The van der Waals surface area contributed by atoms with E-state index in [1.807, 2.05) is 60.9 Å². The molecule has 3 N–H and O–H groups in total. The van der Waals surface area contributed by atoms with Crippen LogP contribution in [0.2, 0.25) is 0 Å². The Labute approximate surface area is 133 Å². The Morgan fingerprint density at radius 3 is 2.87 bits per heavy atom. The zero-order chi connectivity index (χ0) is 15.8. The van der Waals surface area contributed by atoms with E-state index in [9.17, 15) is 4.79 Å². The van der Waals surface area contributed by atoms with Crippen LogP contribution in [0.25, 0.3) is 21.8 Å². The zero-order valence-corrected chi connectivity index (χ0v) is 12.6. The van der Waals surface area contributed by atoms with Crippen LogP contribution in [0.15, 0.2) is 60.9 Å². The van der Waals surface area contributed by atoms with Crippen LogP contribution in [0.5, 0.6) is 0 Å². The van der Waals surface area contributed by atoms with Gasteiger partial charge in [-0.3, -0.25) is 9.36 Å². The smallest absolute Gasteiger partial charge is 0.262 e. The van der Waals surface area contributed by atoms with Gasteiger partial charge in [0.15, 0.2) is 0 Å². The first kappa shape index (κ1) is 13.8. The molecule has 0 radical (unpaired) electrons. The average molecular weight is 303 g/mol. The van der Waals surface area contributed by atoms with Crippen molar-refractivity contribution in [1.82, 2.24) is 9.55 Å². The summed E-state index contributed by atoms with van der Waals surface area (Å²) in [6, 6.07) is 15.7. The number of fused-ring (bicyclic) bond motifs is 2. The van der Waals surface area contributed by atoms with Crippen LogP contribution in [0.4, 0.5) is 0 Å². The molecule has 0 aliphatic heterocycles. The summed E-state index contributed by atoms with van der Waals surface area (Å²) < 4.78 is 1.73. The number of hydrogen-bond acceptors (Lipinski definition) is 2. The van der Waals surface area contributed by atoms with Gasteiger partial charge in [-0.1, -0.05) is 24.3 Å². The van der Waals surface area contributed by atoms with Gasteiger partial charge in [-0.05, 0) is 48.2 Å². The van der Waals surface area contributed by atoms with Crippen molar-refractivity contribution in [2.75, 3.05) is 6.54 Å². The molecule has 4 heteroatoms. The topological polar surface area (TPSA) is 63.8 Å². The van der Waals surface area contributed by atoms with E-state index in [0.29, 0.717) is 12.1 Å². The van der Waals surface area contributed by atoms with Crippen molar-refractivity contribution in [1.29, 1.82) is 0 Å². The van der Waals surface area contributed by atoms with Gasteiger partial charge in [-0.25, -0.2) is 0 Å². The summed E-state index contributed by atoms with van der Waals surface area (Å²) in [6.07, 6.45) is 4.55. The molecule has 23 heavy (non-hydrogen) atoms. The Morgan fingerprint density at radius 1 is 1.13 bits per heavy atom. The van der Waals surface area contributed by atoms with Crippen molar-refractivity contribution >= 4 is 27.7 Å². The fourth-order valence-electron chi connectivity index (χ4n) is 3.09. The van der Waals surface area contributed by atoms with E-state index in [1.54, 1.807) is 4.57 Å². The molecule has 0 saturated heterocycles. The molecule has 0 aliphatic carbocycles. The highest BCUT2D eigenvalue weighted by Gasteiger charge is 2.15. The van der Waals surface area contributed by atoms with E-state index in [0.717, 1.165) is 33.8 Å². The molecule has 0 bridgehead atoms. The lowest BCUT2D eigenvalue weighted by molar-refractivity contribution is 0.0965. The van der Waals surface area contributed by atoms with Gasteiger partial charge in [0.2, 0.25) is 0 Å². The van der Waals surface area contributed by atoms with Gasteiger partial charge < -0.3 is 10.7 Å². The molecule has 4 nitrogen and oxygen atoms in total. The van der Waals surface area contributed by atoms with Crippen molar-refractivity contribution in [3.05, 3.63) is 72.1 Å². The molecule has 0 spiro atoms. The minimum atomic E-state index is -0.0269. The largest absolute Gasteiger partial charge is 0.361 e. The summed E-state index contributed by atoms with van der Waals surface area (Å²) in [5, 5.41) is 2.19. The first-order valence-corrected chi connectivity index (χ1v) is 7.69. The van der Waals surface area contributed by atoms with Gasteiger partial charge in [0.25, 0.3) is 5.91 Å². The summed E-state index contributed by atoms with van der Waals surface area (Å²) in [5.41, 5.74) is 9.37. The first-order valence-electron chi connectivity index (χ1n) is 7.69. The predicted molar refractivity (Wildman–Crippen MR) is 92.7 cm³/mol. The minimum absolute atomic E-state index is 0.0269. The van der Waals surface area contributed by atoms with Crippen LogP contribution in [0.1, 0.15) is 15.9 Å². The van der Waals surface area contributed by atoms with E-state index < -0.39 is 0 Å². The number of nitrogens with zero attached hydrogens (tertiary/aromatic N) is 1. The Balaban J connectivity index is 1.85. The number of carbonyl (C=O) groups excluding carboxylic acids is 1. The third-order valence-electron chi connectivity index (χ3n) is 4.23. The predicted octanol–water partition coefficient (Wildman–Crippen LogP) is 3.31. The molecule has 0 amide bonds. The SMILES string of the molecule is NCCc1cn(C(=O)c2ccc3cc[nH]c3c2)c2ccccc12. The first-order chi connectivity index (χ1) is 11.3. The number of carbonyl (C=O) groups is 1. The molecule has 0 fully saturated rings. The Hall–Kier alpha value is -2.85. The fraction of sp³-hybridized carbons (Fsp3) is 0.105. The highest BCUT2D eigenvalue weighted by atomic mass is 16.2. The number of nitrogens with one attached hydrogen (secondary N) is 1. The van der Waals surface area contributed by atoms with E-state index in [2.05, 4.69) is 4.98 Å². The van der Waals surface area contributed by atoms with Crippen LogP contribution >= 0.6 is 0 Å². The van der Waals surface area contributed by atoms with Gasteiger partial charge in [0.05, 0.1) is 5.52 Å². The Kier molecular flexibility index (Phi) is 3.24. The number of H-pyrrole nitrogens is 1. The second kappa shape index (κ2) is 5.41. The van der Waals surface area contributed by atoms with E-state index >= 15 is 0 Å². The standard InChI is InChI=1S/C19H17N3O/c20-9-7-15-12-22(18-4-2-1-3-16(15)18)19(23)14-6-5-13-8-10-21-17(13)11-14/h1-6,8,10-12,21H,7,9,20H2. The molecule has 114 valence electrons. The van der Waals surface area contributed by atoms with E-state index in [-0.39, 0.29) is 5.91 Å². The normalized spacial score (nSPS) is 11.3. The van der Waals surface area contributed by atoms with Gasteiger partial charge in [0.1, 0.15) is 0 Å². The third-order valence-corrected chi connectivity index (χ3v) is 4.23. The molecule has 2 aromatic carbocycles. The van der Waals surface area contributed by atoms with Crippen LogP contribution < -0.4 is 5.73 Å². The van der Waals surface area contributed by atoms with Gasteiger partial charge in [-0.15, -0.1) is 0 Å². The lowest BCUT2D eigenvalue weighted by Gasteiger charge is -2.04. The second-order valence-corrected chi connectivity index (χ2v) is 5.67. The minimum Gasteiger partial charge on any atom is -0.361 e. The van der Waals surface area contributed by atoms with Crippen LogP contribution in [-0.4, -0.2) is 22.0 Å². The maximum Gasteiger partial charge on any atom is 0.262 e. The molecule has 0 saturated carbocycles.